The van der Waals surface area contributed by atoms with Crippen LogP contribution in [-0.2, 0) is 11.3 Å². The van der Waals surface area contributed by atoms with Crippen LogP contribution in [0.1, 0.15) is 0 Å². The molecule has 1 rings (SSSR count). The van der Waals surface area contributed by atoms with E-state index in [0.29, 0.717) is 9.37 Å². The van der Waals surface area contributed by atoms with Gasteiger partial charge in [-0.15, -0.1) is 0 Å². The fourth-order valence-electron chi connectivity index (χ4n) is 1.50. The van der Waals surface area contributed by atoms with Gasteiger partial charge in [0, 0.05) is 23.3 Å². The van der Waals surface area contributed by atoms with E-state index < -0.39 is 43.9 Å². The van der Waals surface area contributed by atoms with E-state index in [4.69, 9.17) is 5.11 Å². The predicted octanol–water partition coefficient (Wildman–Crippen LogP) is 0.994. The molecule has 1 aromatic heterocycles. The molecule has 112 valence electrons. The van der Waals surface area contributed by atoms with Crippen molar-refractivity contribution in [2.75, 3.05) is 19.7 Å². The number of aromatic nitrogens is 1. The monoisotopic (exact) mass is 356 g/mol. The third-order valence-electron chi connectivity index (χ3n) is 2.35. The summed E-state index contributed by atoms with van der Waals surface area (Å²) in [6.45, 7) is -3.01. The van der Waals surface area contributed by atoms with E-state index in [9.17, 15) is 22.8 Å². The molecule has 0 spiro atoms. The van der Waals surface area contributed by atoms with Gasteiger partial charge in [0.05, 0.1) is 6.61 Å². The van der Waals surface area contributed by atoms with Crippen LogP contribution < -0.4 is 5.56 Å². The Bertz CT molecular complexity index is 530. The number of amides is 1. The van der Waals surface area contributed by atoms with Crippen molar-refractivity contribution in [2.45, 2.75) is 12.7 Å². The van der Waals surface area contributed by atoms with Crippen LogP contribution in [0.25, 0.3) is 0 Å². The number of hydrogen-bond donors (Lipinski definition) is 1. The van der Waals surface area contributed by atoms with Crippen molar-refractivity contribution < 1.29 is 23.1 Å². The van der Waals surface area contributed by atoms with E-state index >= 15 is 0 Å². The van der Waals surface area contributed by atoms with Crippen molar-refractivity contribution in [2.24, 2.45) is 0 Å². The molecule has 1 heterocycles. The Hall–Kier alpha value is -1.35. The molecule has 0 saturated heterocycles. The highest BCUT2D eigenvalue weighted by molar-refractivity contribution is 9.10. The van der Waals surface area contributed by atoms with Crippen LogP contribution in [-0.4, -0.2) is 46.4 Å². The van der Waals surface area contributed by atoms with Crippen LogP contribution in [0.5, 0.6) is 0 Å². The lowest BCUT2D eigenvalue weighted by atomic mass is 10.4. The molecule has 1 aromatic rings. The molecular weight excluding hydrogens is 345 g/mol. The summed E-state index contributed by atoms with van der Waals surface area (Å²) in [4.78, 5) is 23.7. The van der Waals surface area contributed by atoms with Gasteiger partial charge >= 0.3 is 6.18 Å². The molecule has 0 bridgehead atoms. The Morgan fingerprint density at radius 2 is 2.05 bits per heavy atom. The third kappa shape index (κ3) is 5.33. The van der Waals surface area contributed by atoms with Crippen LogP contribution in [0.3, 0.4) is 0 Å². The van der Waals surface area contributed by atoms with Gasteiger partial charge in [0.2, 0.25) is 5.91 Å². The van der Waals surface area contributed by atoms with Crippen molar-refractivity contribution in [3.63, 3.8) is 0 Å². The second kappa shape index (κ2) is 6.89. The largest absolute Gasteiger partial charge is 0.406 e. The summed E-state index contributed by atoms with van der Waals surface area (Å²) in [5.74, 6) is -0.892. The molecule has 9 heteroatoms. The van der Waals surface area contributed by atoms with Crippen LogP contribution in [0.15, 0.2) is 27.6 Å². The molecule has 0 aromatic carbocycles. The highest BCUT2D eigenvalue weighted by atomic mass is 79.9. The molecule has 0 saturated carbocycles. The van der Waals surface area contributed by atoms with Gasteiger partial charge in [-0.05, 0) is 22.0 Å². The number of hydrogen-bond acceptors (Lipinski definition) is 3. The Balaban J connectivity index is 2.85. The first kappa shape index (κ1) is 16.7. The number of carbonyl (C=O) groups is 1. The number of halogens is 4. The molecule has 0 aliphatic heterocycles. The summed E-state index contributed by atoms with van der Waals surface area (Å²) >= 11 is 3.10. The van der Waals surface area contributed by atoms with E-state index in [0.717, 1.165) is 4.57 Å². The summed E-state index contributed by atoms with van der Waals surface area (Å²) < 4.78 is 38.5. The Kier molecular flexibility index (Phi) is 5.75. The zero-order valence-electron chi connectivity index (χ0n) is 10.2. The number of carbonyl (C=O) groups excluding carboxylic acids is 1. The maximum absolute atomic E-state index is 12.3. The Morgan fingerprint density at radius 1 is 1.40 bits per heavy atom. The van der Waals surface area contributed by atoms with Crippen molar-refractivity contribution in [3.8, 4) is 0 Å². The summed E-state index contributed by atoms with van der Waals surface area (Å²) in [7, 11) is 0. The van der Waals surface area contributed by atoms with E-state index in [1.54, 1.807) is 0 Å². The molecule has 20 heavy (non-hydrogen) atoms. The van der Waals surface area contributed by atoms with Gasteiger partial charge in [-0.2, -0.15) is 13.2 Å². The lowest BCUT2D eigenvalue weighted by Gasteiger charge is -2.23. The average molecular weight is 357 g/mol. The lowest BCUT2D eigenvalue weighted by Crippen LogP contribution is -2.43. The summed E-state index contributed by atoms with van der Waals surface area (Å²) in [6.07, 6.45) is -3.25. The Labute approximate surface area is 120 Å². The highest BCUT2D eigenvalue weighted by Gasteiger charge is 2.32. The molecule has 0 unspecified atom stereocenters. The average Bonchev–Trinajstić information content (AvgIpc) is 2.31. The first-order chi connectivity index (χ1) is 9.23. The first-order valence-corrected chi connectivity index (χ1v) is 6.33. The molecule has 0 aliphatic carbocycles. The van der Waals surface area contributed by atoms with Gasteiger partial charge in [0.15, 0.2) is 0 Å². The van der Waals surface area contributed by atoms with Crippen molar-refractivity contribution in [1.29, 1.82) is 0 Å². The molecule has 0 atom stereocenters. The number of rotatable bonds is 5. The van der Waals surface area contributed by atoms with Crippen LogP contribution >= 0.6 is 15.9 Å². The van der Waals surface area contributed by atoms with E-state index in [1.807, 2.05) is 0 Å². The zero-order valence-corrected chi connectivity index (χ0v) is 11.8. The normalized spacial score (nSPS) is 11.4. The second-order valence-corrected chi connectivity index (χ2v) is 4.88. The van der Waals surface area contributed by atoms with Crippen LogP contribution in [0.4, 0.5) is 13.2 Å². The van der Waals surface area contributed by atoms with Gasteiger partial charge < -0.3 is 14.6 Å². The van der Waals surface area contributed by atoms with Crippen LogP contribution in [0.2, 0.25) is 0 Å². The lowest BCUT2D eigenvalue weighted by molar-refractivity contribution is -0.162. The molecule has 1 amide bonds. The van der Waals surface area contributed by atoms with Gasteiger partial charge in [0.25, 0.3) is 5.56 Å². The minimum absolute atomic E-state index is 0.443. The molecular formula is C11H12BrF3N2O3. The maximum atomic E-state index is 12.3. The van der Waals surface area contributed by atoms with Crippen molar-refractivity contribution >= 4 is 21.8 Å². The van der Waals surface area contributed by atoms with Crippen LogP contribution in [0, 0.1) is 0 Å². The highest BCUT2D eigenvalue weighted by Crippen LogP contribution is 2.16. The molecule has 0 fully saturated rings. The van der Waals surface area contributed by atoms with Crippen molar-refractivity contribution in [1.82, 2.24) is 9.47 Å². The quantitative estimate of drug-likeness (QED) is 0.855. The standard InChI is InChI=1S/C11H12BrF3N2O3/c12-8-1-2-9(19)17(5-8)6-10(20)16(3-4-18)7-11(13,14)15/h1-2,5,18H,3-4,6-7H2. The van der Waals surface area contributed by atoms with Gasteiger partial charge in [0.1, 0.15) is 13.1 Å². The SMILES string of the molecule is O=C(Cn1cc(Br)ccc1=O)N(CCO)CC(F)(F)F. The third-order valence-corrected chi connectivity index (χ3v) is 2.81. The van der Waals surface area contributed by atoms with Crippen molar-refractivity contribution in [3.05, 3.63) is 33.2 Å². The van der Waals surface area contributed by atoms with Gasteiger partial charge in [-0.3, -0.25) is 9.59 Å². The van der Waals surface area contributed by atoms with E-state index in [2.05, 4.69) is 15.9 Å². The number of pyridine rings is 1. The van der Waals surface area contributed by atoms with E-state index in [-0.39, 0.29) is 0 Å². The number of nitrogens with zero attached hydrogens (tertiary/aromatic N) is 2. The second-order valence-electron chi connectivity index (χ2n) is 3.97. The fourth-order valence-corrected chi connectivity index (χ4v) is 1.88. The summed E-state index contributed by atoms with van der Waals surface area (Å²) in [5.41, 5.74) is -0.502. The topological polar surface area (TPSA) is 62.5 Å². The zero-order chi connectivity index (χ0) is 15.3. The van der Waals surface area contributed by atoms with E-state index in [1.165, 1.54) is 18.3 Å². The summed E-state index contributed by atoms with van der Waals surface area (Å²) in [6, 6.07) is 2.65. The first-order valence-electron chi connectivity index (χ1n) is 5.54. The molecule has 1 N–H and O–H groups in total. The molecule has 5 nitrogen and oxygen atoms in total. The smallest absolute Gasteiger partial charge is 0.395 e. The van der Waals surface area contributed by atoms with Gasteiger partial charge in [-0.1, -0.05) is 0 Å². The fraction of sp³-hybridized carbons (Fsp3) is 0.455. The number of aliphatic hydroxyl groups excluding tert-OH is 1. The predicted molar refractivity (Wildman–Crippen MR) is 68.1 cm³/mol. The molecule has 0 radical (unpaired) electrons. The van der Waals surface area contributed by atoms with Gasteiger partial charge in [-0.25, -0.2) is 0 Å². The summed E-state index contributed by atoms with van der Waals surface area (Å²) in [5, 5.41) is 8.71. The maximum Gasteiger partial charge on any atom is 0.406 e. The minimum Gasteiger partial charge on any atom is -0.395 e. The number of alkyl halides is 3. The number of aliphatic hydroxyl groups is 1. The molecule has 0 aliphatic rings. The Morgan fingerprint density at radius 3 is 2.60 bits per heavy atom. The minimum atomic E-state index is -4.56.